The van der Waals surface area contributed by atoms with Crippen molar-refractivity contribution in [1.82, 2.24) is 5.43 Å². The fourth-order valence-electron chi connectivity index (χ4n) is 2.97. The Morgan fingerprint density at radius 1 is 1.12 bits per heavy atom. The molecule has 166 valence electrons. The second-order valence-corrected chi connectivity index (χ2v) is 7.94. The Kier molecular flexibility index (Phi) is 8.67. The number of methoxy groups -OCH3 is 2. The lowest BCUT2D eigenvalue weighted by Crippen LogP contribution is -2.26. The number of carbonyl (C=O) groups excluding carboxylic acids is 1. The average Bonchev–Trinajstić information content (AvgIpc) is 2.80. The zero-order chi connectivity index (χ0) is 22.9. The van der Waals surface area contributed by atoms with Gasteiger partial charge in [-0.05, 0) is 45.3 Å². The lowest BCUT2D eigenvalue weighted by Gasteiger charge is -2.14. The Hall–Kier alpha value is -2.87. The summed E-state index contributed by atoms with van der Waals surface area (Å²) in [6.07, 6.45) is 0.760. The van der Waals surface area contributed by atoms with E-state index in [2.05, 4.69) is 26.5 Å². The van der Waals surface area contributed by atoms with Gasteiger partial charge in [0.1, 0.15) is 6.61 Å². The van der Waals surface area contributed by atoms with Crippen LogP contribution in [0.3, 0.4) is 0 Å². The van der Waals surface area contributed by atoms with E-state index in [4.69, 9.17) is 25.8 Å². The van der Waals surface area contributed by atoms with Gasteiger partial charge in [-0.15, -0.1) is 0 Å². The van der Waals surface area contributed by atoms with Gasteiger partial charge in [-0.2, -0.15) is 5.10 Å². The molecule has 0 unspecified atom stereocenters. The molecule has 3 rings (SSSR count). The van der Waals surface area contributed by atoms with Gasteiger partial charge in [0.25, 0.3) is 5.91 Å². The highest BCUT2D eigenvalue weighted by Gasteiger charge is 2.19. The molecule has 0 spiro atoms. The zero-order valence-corrected chi connectivity index (χ0v) is 19.9. The van der Waals surface area contributed by atoms with Crippen LogP contribution in [0.4, 0.5) is 0 Å². The van der Waals surface area contributed by atoms with E-state index in [-0.39, 0.29) is 12.5 Å². The van der Waals surface area contributed by atoms with Crippen LogP contribution in [-0.4, -0.2) is 26.3 Å². The van der Waals surface area contributed by atoms with Crippen molar-refractivity contribution < 1.29 is 19.0 Å². The maximum Gasteiger partial charge on any atom is 0.273 e. The minimum Gasteiger partial charge on any atom is -0.493 e. The first kappa shape index (κ1) is 23.8. The molecule has 0 aliphatic carbocycles. The maximum absolute atomic E-state index is 12.4. The number of nitrogens with one attached hydrogen (secondary N) is 1. The first-order valence-electron chi connectivity index (χ1n) is 9.68. The first-order valence-corrected chi connectivity index (χ1v) is 10.8. The third kappa shape index (κ3) is 6.09. The van der Waals surface area contributed by atoms with E-state index in [1.165, 1.54) is 13.3 Å². The standard InChI is InChI=1S/C24H22BrClN2O4/c1-30-21-13-16(12-19(25)23(21)32-15-18-10-6-7-11-20(18)26)14-27-28-24(29)22(31-2)17-8-4-3-5-9-17/h3-14,22H,15H2,1-2H3,(H,28,29)/b27-14-/t22-/m1/s1. The lowest BCUT2D eigenvalue weighted by atomic mass is 10.1. The van der Waals surface area contributed by atoms with E-state index in [1.54, 1.807) is 13.2 Å². The third-order valence-electron chi connectivity index (χ3n) is 4.55. The molecule has 8 heteroatoms. The van der Waals surface area contributed by atoms with E-state index in [9.17, 15) is 4.79 Å². The monoisotopic (exact) mass is 516 g/mol. The Bertz CT molecular complexity index is 1090. The fourth-order valence-corrected chi connectivity index (χ4v) is 3.74. The van der Waals surface area contributed by atoms with Gasteiger partial charge in [-0.1, -0.05) is 60.1 Å². The minimum atomic E-state index is -0.754. The summed E-state index contributed by atoms with van der Waals surface area (Å²) in [6, 6.07) is 20.2. The number of ether oxygens (including phenoxy) is 3. The number of hydrogen-bond acceptors (Lipinski definition) is 5. The molecule has 6 nitrogen and oxygen atoms in total. The van der Waals surface area contributed by atoms with Gasteiger partial charge < -0.3 is 14.2 Å². The van der Waals surface area contributed by atoms with Crippen LogP contribution in [0.25, 0.3) is 0 Å². The normalized spacial score (nSPS) is 11.9. The number of rotatable bonds is 9. The van der Waals surface area contributed by atoms with Crippen molar-refractivity contribution in [3.05, 3.63) is 92.9 Å². The summed E-state index contributed by atoms with van der Waals surface area (Å²) in [5.41, 5.74) is 4.82. The highest BCUT2D eigenvalue weighted by Crippen LogP contribution is 2.37. The molecule has 1 amide bonds. The fraction of sp³-hybridized carbons (Fsp3) is 0.167. The van der Waals surface area contributed by atoms with Crippen LogP contribution >= 0.6 is 27.5 Å². The first-order chi connectivity index (χ1) is 15.5. The van der Waals surface area contributed by atoms with Gasteiger partial charge >= 0.3 is 0 Å². The van der Waals surface area contributed by atoms with Gasteiger partial charge in [0.05, 0.1) is 17.8 Å². The zero-order valence-electron chi connectivity index (χ0n) is 17.5. The topological polar surface area (TPSA) is 69.2 Å². The predicted molar refractivity (Wildman–Crippen MR) is 128 cm³/mol. The molecule has 0 aromatic heterocycles. The van der Waals surface area contributed by atoms with Gasteiger partial charge in [0, 0.05) is 17.7 Å². The van der Waals surface area contributed by atoms with Crippen LogP contribution in [0.5, 0.6) is 11.5 Å². The summed E-state index contributed by atoms with van der Waals surface area (Å²) in [5, 5.41) is 4.68. The summed E-state index contributed by atoms with van der Waals surface area (Å²) in [5.74, 6) is 0.677. The molecular formula is C24H22BrClN2O4. The Morgan fingerprint density at radius 3 is 2.53 bits per heavy atom. The summed E-state index contributed by atoms with van der Waals surface area (Å²) in [4.78, 5) is 12.4. The van der Waals surface area contributed by atoms with Crippen LogP contribution in [0.1, 0.15) is 22.8 Å². The quantitative estimate of drug-likeness (QED) is 0.299. The number of hydrazone groups is 1. The molecule has 0 saturated heterocycles. The summed E-state index contributed by atoms with van der Waals surface area (Å²) in [7, 11) is 3.03. The molecule has 0 aliphatic heterocycles. The molecule has 0 saturated carbocycles. The van der Waals surface area contributed by atoms with Crippen molar-refractivity contribution in [2.75, 3.05) is 14.2 Å². The molecule has 0 radical (unpaired) electrons. The van der Waals surface area contributed by atoms with E-state index in [0.29, 0.717) is 26.6 Å². The number of nitrogens with zero attached hydrogens (tertiary/aromatic N) is 1. The molecule has 0 heterocycles. The lowest BCUT2D eigenvalue weighted by molar-refractivity contribution is -0.131. The van der Waals surface area contributed by atoms with Crippen LogP contribution in [-0.2, 0) is 16.1 Å². The number of halogens is 2. The van der Waals surface area contributed by atoms with Crippen LogP contribution < -0.4 is 14.9 Å². The van der Waals surface area contributed by atoms with E-state index in [0.717, 1.165) is 11.1 Å². The van der Waals surface area contributed by atoms with E-state index >= 15 is 0 Å². The van der Waals surface area contributed by atoms with Crippen molar-refractivity contribution in [3.8, 4) is 11.5 Å². The Balaban J connectivity index is 1.69. The second-order valence-electron chi connectivity index (χ2n) is 6.67. The Morgan fingerprint density at radius 2 is 1.84 bits per heavy atom. The number of amides is 1. The molecule has 32 heavy (non-hydrogen) atoms. The summed E-state index contributed by atoms with van der Waals surface area (Å²) in [6.45, 7) is 0.288. The van der Waals surface area contributed by atoms with Crippen molar-refractivity contribution >= 4 is 39.7 Å². The molecule has 1 N–H and O–H groups in total. The van der Waals surface area contributed by atoms with Gasteiger partial charge in [0.15, 0.2) is 17.6 Å². The average molecular weight is 518 g/mol. The number of hydrogen-bond donors (Lipinski definition) is 1. The highest BCUT2D eigenvalue weighted by atomic mass is 79.9. The molecule has 0 aliphatic rings. The van der Waals surface area contributed by atoms with E-state index in [1.807, 2.05) is 60.7 Å². The summed E-state index contributed by atoms with van der Waals surface area (Å²) >= 11 is 9.71. The molecule has 0 bridgehead atoms. The molecule has 3 aromatic carbocycles. The van der Waals surface area contributed by atoms with Crippen LogP contribution in [0.2, 0.25) is 5.02 Å². The van der Waals surface area contributed by atoms with Crippen molar-refractivity contribution in [2.45, 2.75) is 12.7 Å². The van der Waals surface area contributed by atoms with Crippen molar-refractivity contribution in [1.29, 1.82) is 0 Å². The van der Waals surface area contributed by atoms with Crippen LogP contribution in [0.15, 0.2) is 76.3 Å². The van der Waals surface area contributed by atoms with Gasteiger partial charge in [0.2, 0.25) is 0 Å². The summed E-state index contributed by atoms with van der Waals surface area (Å²) < 4.78 is 17.4. The number of carbonyl (C=O) groups is 1. The molecule has 3 aromatic rings. The predicted octanol–water partition coefficient (Wildman–Crippen LogP) is 5.53. The highest BCUT2D eigenvalue weighted by molar-refractivity contribution is 9.10. The van der Waals surface area contributed by atoms with E-state index < -0.39 is 6.10 Å². The van der Waals surface area contributed by atoms with Gasteiger partial charge in [-0.25, -0.2) is 5.43 Å². The van der Waals surface area contributed by atoms with Crippen molar-refractivity contribution in [2.24, 2.45) is 5.10 Å². The third-order valence-corrected chi connectivity index (χ3v) is 5.50. The van der Waals surface area contributed by atoms with Crippen molar-refractivity contribution in [3.63, 3.8) is 0 Å². The SMILES string of the molecule is COc1cc(/C=N\NC(=O)[C@H](OC)c2ccccc2)cc(Br)c1OCc1ccccc1Cl. The van der Waals surface area contributed by atoms with Crippen LogP contribution in [0, 0.1) is 0 Å². The van der Waals surface area contributed by atoms with Gasteiger partial charge in [-0.3, -0.25) is 4.79 Å². The molecule has 1 atom stereocenters. The molecular weight excluding hydrogens is 496 g/mol. The maximum atomic E-state index is 12.4. The smallest absolute Gasteiger partial charge is 0.273 e. The number of benzene rings is 3. The minimum absolute atomic E-state index is 0.288. The largest absolute Gasteiger partial charge is 0.493 e. The molecule has 0 fully saturated rings. The Labute approximate surface area is 200 Å². The second kappa shape index (κ2) is 11.7.